The Balaban J connectivity index is 2.02. The molecule has 0 aliphatic carbocycles. The average molecular weight is 303 g/mol. The number of anilines is 1. The van der Waals surface area contributed by atoms with E-state index in [1.54, 1.807) is 0 Å². The number of nitrogens with two attached hydrogens (primary N) is 1. The maximum atomic E-state index is 12.2. The molecule has 0 spiro atoms. The lowest BCUT2D eigenvalue weighted by Crippen LogP contribution is -2.30. The number of carbonyl (C=O) groups excluding carboxylic acids is 1. The summed E-state index contributed by atoms with van der Waals surface area (Å²) in [5.41, 5.74) is 7.45. The zero-order chi connectivity index (χ0) is 15.2. The zero-order valence-corrected chi connectivity index (χ0v) is 13.2. The number of nitrogen functional groups attached to an aromatic ring is 1. The second kappa shape index (κ2) is 7.22. The van der Waals surface area contributed by atoms with Gasteiger partial charge in [-0.2, -0.15) is 0 Å². The van der Waals surface area contributed by atoms with E-state index in [1.165, 1.54) is 11.3 Å². The second-order valence-corrected chi connectivity index (χ2v) is 6.40. The number of rotatable bonds is 6. The lowest BCUT2D eigenvalue weighted by atomic mass is 9.97. The van der Waals surface area contributed by atoms with E-state index in [0.717, 1.165) is 17.7 Å². The van der Waals surface area contributed by atoms with Gasteiger partial charge >= 0.3 is 0 Å². The molecule has 112 valence electrons. The first-order valence-corrected chi connectivity index (χ1v) is 7.96. The highest BCUT2D eigenvalue weighted by Gasteiger charge is 2.16. The van der Waals surface area contributed by atoms with Crippen molar-refractivity contribution in [2.45, 2.75) is 32.7 Å². The molecule has 5 heteroatoms. The molecule has 1 aromatic carbocycles. The van der Waals surface area contributed by atoms with Crippen molar-refractivity contribution < 1.29 is 4.79 Å². The highest BCUT2D eigenvalue weighted by molar-refractivity contribution is 7.13. The van der Waals surface area contributed by atoms with Crippen molar-refractivity contribution in [2.75, 3.05) is 5.73 Å². The number of nitrogens with zero attached hydrogens (tertiary/aromatic N) is 1. The van der Waals surface area contributed by atoms with Crippen LogP contribution in [0.1, 0.15) is 37.6 Å². The van der Waals surface area contributed by atoms with Crippen LogP contribution in [0.25, 0.3) is 0 Å². The standard InChI is InChI=1S/C16H21N3OS/c1-11(2)8-14(12-6-4-3-5-7-12)19-15(20)9-13-10-21-16(17)18-13/h3-7,10-11,14H,8-9H2,1-2H3,(H2,17,18)(H,19,20). The molecule has 0 aliphatic heterocycles. The lowest BCUT2D eigenvalue weighted by molar-refractivity contribution is -0.121. The first kappa shape index (κ1) is 15.5. The van der Waals surface area contributed by atoms with E-state index < -0.39 is 0 Å². The third-order valence-corrected chi connectivity index (χ3v) is 3.88. The van der Waals surface area contributed by atoms with Crippen LogP contribution in [0.5, 0.6) is 0 Å². The number of hydrogen-bond donors (Lipinski definition) is 2. The molecule has 1 heterocycles. The topological polar surface area (TPSA) is 68.0 Å². The third-order valence-electron chi connectivity index (χ3n) is 3.16. The van der Waals surface area contributed by atoms with Gasteiger partial charge in [0, 0.05) is 5.38 Å². The second-order valence-electron chi connectivity index (χ2n) is 5.51. The van der Waals surface area contributed by atoms with E-state index in [1.807, 2.05) is 35.7 Å². The summed E-state index contributed by atoms with van der Waals surface area (Å²) in [5, 5.41) is 5.44. The average Bonchev–Trinajstić information content (AvgIpc) is 2.83. The SMILES string of the molecule is CC(C)CC(NC(=O)Cc1csc(N)n1)c1ccccc1. The number of nitrogens with one attached hydrogen (secondary N) is 1. The summed E-state index contributed by atoms with van der Waals surface area (Å²) < 4.78 is 0. The van der Waals surface area contributed by atoms with Gasteiger partial charge in [-0.05, 0) is 17.9 Å². The Morgan fingerprint density at radius 1 is 1.33 bits per heavy atom. The quantitative estimate of drug-likeness (QED) is 0.861. The highest BCUT2D eigenvalue weighted by Crippen LogP contribution is 2.21. The van der Waals surface area contributed by atoms with Crippen LogP contribution in [0.4, 0.5) is 5.13 Å². The number of benzene rings is 1. The van der Waals surface area contributed by atoms with Gasteiger partial charge in [0.15, 0.2) is 5.13 Å². The first-order valence-electron chi connectivity index (χ1n) is 7.08. The fraction of sp³-hybridized carbons (Fsp3) is 0.375. The minimum absolute atomic E-state index is 0.0187. The van der Waals surface area contributed by atoms with Crippen molar-refractivity contribution in [2.24, 2.45) is 5.92 Å². The van der Waals surface area contributed by atoms with Gasteiger partial charge < -0.3 is 11.1 Å². The molecule has 21 heavy (non-hydrogen) atoms. The van der Waals surface area contributed by atoms with E-state index in [4.69, 9.17) is 5.73 Å². The van der Waals surface area contributed by atoms with Crippen molar-refractivity contribution >= 4 is 22.4 Å². The van der Waals surface area contributed by atoms with Crippen LogP contribution in [0, 0.1) is 5.92 Å². The normalized spacial score (nSPS) is 12.3. The van der Waals surface area contributed by atoms with Gasteiger partial charge in [-0.1, -0.05) is 44.2 Å². The van der Waals surface area contributed by atoms with Gasteiger partial charge in [-0.25, -0.2) is 4.98 Å². The fourth-order valence-corrected chi connectivity index (χ4v) is 2.81. The molecule has 1 aromatic heterocycles. The third kappa shape index (κ3) is 4.86. The molecule has 0 fully saturated rings. The monoisotopic (exact) mass is 303 g/mol. The number of amides is 1. The molecule has 1 atom stereocenters. The van der Waals surface area contributed by atoms with Crippen LogP contribution in [-0.2, 0) is 11.2 Å². The van der Waals surface area contributed by atoms with E-state index in [9.17, 15) is 4.79 Å². The van der Waals surface area contributed by atoms with Gasteiger partial charge in [-0.15, -0.1) is 11.3 Å². The highest BCUT2D eigenvalue weighted by atomic mass is 32.1. The molecule has 1 unspecified atom stereocenters. The summed E-state index contributed by atoms with van der Waals surface area (Å²) in [5.74, 6) is 0.486. The van der Waals surface area contributed by atoms with E-state index in [2.05, 4.69) is 24.1 Å². The van der Waals surface area contributed by atoms with Crippen LogP contribution in [-0.4, -0.2) is 10.9 Å². The first-order chi connectivity index (χ1) is 10.0. The predicted octanol–water partition coefficient (Wildman–Crippen LogP) is 3.17. The molecule has 0 aliphatic rings. The van der Waals surface area contributed by atoms with Gasteiger partial charge in [0.25, 0.3) is 0 Å². The number of carbonyl (C=O) groups is 1. The summed E-state index contributed by atoms with van der Waals surface area (Å²) >= 11 is 1.36. The largest absolute Gasteiger partial charge is 0.375 e. The Morgan fingerprint density at radius 2 is 2.05 bits per heavy atom. The molecule has 0 saturated carbocycles. The smallest absolute Gasteiger partial charge is 0.226 e. The van der Waals surface area contributed by atoms with Gasteiger partial charge in [0.05, 0.1) is 18.2 Å². The summed E-state index contributed by atoms with van der Waals surface area (Å²) in [4.78, 5) is 16.3. The minimum Gasteiger partial charge on any atom is -0.375 e. The van der Waals surface area contributed by atoms with Crippen LogP contribution >= 0.6 is 11.3 Å². The Morgan fingerprint density at radius 3 is 2.62 bits per heavy atom. The Kier molecular flexibility index (Phi) is 5.33. The van der Waals surface area contributed by atoms with E-state index in [-0.39, 0.29) is 18.4 Å². The molecule has 4 nitrogen and oxygen atoms in total. The van der Waals surface area contributed by atoms with Crippen molar-refractivity contribution in [3.8, 4) is 0 Å². The molecule has 0 radical (unpaired) electrons. The fourth-order valence-electron chi connectivity index (χ4n) is 2.25. The Hall–Kier alpha value is -1.88. The van der Waals surface area contributed by atoms with Gasteiger partial charge in [0.1, 0.15) is 0 Å². The number of aromatic nitrogens is 1. The summed E-state index contributed by atoms with van der Waals surface area (Å²) in [6.07, 6.45) is 1.18. The summed E-state index contributed by atoms with van der Waals surface area (Å²) in [6.45, 7) is 4.31. The van der Waals surface area contributed by atoms with Crippen molar-refractivity contribution in [3.05, 3.63) is 47.0 Å². The minimum atomic E-state index is -0.0187. The van der Waals surface area contributed by atoms with Crippen LogP contribution in [0.15, 0.2) is 35.7 Å². The summed E-state index contributed by atoms with van der Waals surface area (Å²) in [6, 6.07) is 10.1. The van der Waals surface area contributed by atoms with Crippen molar-refractivity contribution in [3.63, 3.8) is 0 Å². The number of hydrogen-bond acceptors (Lipinski definition) is 4. The molecule has 2 aromatic rings. The Bertz CT molecular complexity index is 580. The summed E-state index contributed by atoms with van der Waals surface area (Å²) in [7, 11) is 0. The van der Waals surface area contributed by atoms with Crippen LogP contribution in [0.2, 0.25) is 0 Å². The van der Waals surface area contributed by atoms with Crippen LogP contribution in [0.3, 0.4) is 0 Å². The molecule has 0 saturated heterocycles. The maximum absolute atomic E-state index is 12.2. The number of thiazole rings is 1. The van der Waals surface area contributed by atoms with Gasteiger partial charge in [-0.3, -0.25) is 4.79 Å². The van der Waals surface area contributed by atoms with Crippen molar-refractivity contribution in [1.82, 2.24) is 10.3 Å². The van der Waals surface area contributed by atoms with E-state index >= 15 is 0 Å². The molecule has 1 amide bonds. The molecule has 0 bridgehead atoms. The van der Waals surface area contributed by atoms with Crippen molar-refractivity contribution in [1.29, 1.82) is 0 Å². The lowest BCUT2D eigenvalue weighted by Gasteiger charge is -2.21. The molecular weight excluding hydrogens is 282 g/mol. The molecule has 2 rings (SSSR count). The molecular formula is C16H21N3OS. The van der Waals surface area contributed by atoms with Gasteiger partial charge in [0.2, 0.25) is 5.91 Å². The van der Waals surface area contributed by atoms with Crippen LogP contribution < -0.4 is 11.1 Å². The predicted molar refractivity (Wildman–Crippen MR) is 87.0 cm³/mol. The Labute approximate surface area is 129 Å². The molecule has 3 N–H and O–H groups in total. The maximum Gasteiger partial charge on any atom is 0.226 e. The zero-order valence-electron chi connectivity index (χ0n) is 12.4. The van der Waals surface area contributed by atoms with E-state index in [0.29, 0.717) is 11.0 Å².